The second-order valence-electron chi connectivity index (χ2n) is 1.46. The van der Waals surface area contributed by atoms with Gasteiger partial charge >= 0.3 is 5.97 Å². The van der Waals surface area contributed by atoms with Gasteiger partial charge in [-0.1, -0.05) is 0 Å². The van der Waals surface area contributed by atoms with Crippen molar-refractivity contribution < 1.29 is 9.90 Å². The summed E-state index contributed by atoms with van der Waals surface area (Å²) in [5.41, 5.74) is 0. The molecule has 0 aromatic heterocycles. The van der Waals surface area contributed by atoms with Crippen molar-refractivity contribution in [3.05, 3.63) is 4.91 Å². The predicted molar refractivity (Wildman–Crippen MR) is 30.7 cm³/mol. The molecule has 0 heterocycles. The Balaban J connectivity index is 3.55. The molecule has 0 aliphatic carbocycles. The van der Waals surface area contributed by atoms with Gasteiger partial charge in [-0.15, -0.1) is 4.91 Å². The molecule has 0 bridgehead atoms. The van der Waals surface area contributed by atoms with Gasteiger partial charge in [-0.05, 0) is 6.92 Å². The van der Waals surface area contributed by atoms with Gasteiger partial charge in [0.1, 0.15) is 6.54 Å². The molecule has 1 N–H and O–H groups in total. The molecule has 0 aromatic rings. The normalized spacial score (nSPS) is 8.56. The van der Waals surface area contributed by atoms with E-state index < -0.39 is 5.97 Å². The molecule has 0 rings (SSSR count). The Labute approximate surface area is 52.2 Å². The summed E-state index contributed by atoms with van der Waals surface area (Å²) in [4.78, 5) is 19.6. The Morgan fingerprint density at radius 2 is 2.33 bits per heavy atom. The van der Waals surface area contributed by atoms with Gasteiger partial charge in [0, 0.05) is 6.54 Å². The average molecular weight is 132 g/mol. The van der Waals surface area contributed by atoms with Crippen molar-refractivity contribution in [3.8, 4) is 0 Å². The fourth-order valence-electron chi connectivity index (χ4n) is 0.355. The Morgan fingerprint density at radius 1 is 1.78 bits per heavy atom. The Hall–Kier alpha value is -1.13. The second kappa shape index (κ2) is 3.82. The van der Waals surface area contributed by atoms with Crippen LogP contribution in [0.25, 0.3) is 0 Å². The van der Waals surface area contributed by atoms with Gasteiger partial charge in [0.2, 0.25) is 0 Å². The van der Waals surface area contributed by atoms with Crippen molar-refractivity contribution in [1.29, 1.82) is 0 Å². The number of nitroso groups, excluding NO2 is 1. The van der Waals surface area contributed by atoms with Crippen LogP contribution in [-0.4, -0.2) is 29.2 Å². The highest BCUT2D eigenvalue weighted by Crippen LogP contribution is 1.85. The summed E-state index contributed by atoms with van der Waals surface area (Å²) >= 11 is 0. The van der Waals surface area contributed by atoms with Crippen molar-refractivity contribution in [2.24, 2.45) is 5.29 Å². The molecule has 0 atom stereocenters. The van der Waals surface area contributed by atoms with E-state index in [0.29, 0.717) is 6.54 Å². The van der Waals surface area contributed by atoms with Crippen molar-refractivity contribution in [1.82, 2.24) is 5.01 Å². The standard InChI is InChI=1S/C4H8N2O3/c1-2-6(5-9)3-4(7)8/h2-3H2,1H3,(H,7,8). The number of aliphatic carboxylic acids is 1. The molecule has 5 heteroatoms. The van der Waals surface area contributed by atoms with E-state index in [1.54, 1.807) is 6.92 Å². The minimum atomic E-state index is -1.04. The number of nitrogens with zero attached hydrogens (tertiary/aromatic N) is 2. The first-order valence-electron chi connectivity index (χ1n) is 2.50. The quantitative estimate of drug-likeness (QED) is 0.434. The molecule has 0 aromatic carbocycles. The Morgan fingerprint density at radius 3 is 2.44 bits per heavy atom. The Bertz CT molecular complexity index is 114. The molecular formula is C4H8N2O3. The molecule has 5 nitrogen and oxygen atoms in total. The lowest BCUT2D eigenvalue weighted by Gasteiger charge is -2.06. The number of rotatable bonds is 4. The third-order valence-corrected chi connectivity index (χ3v) is 0.798. The van der Waals surface area contributed by atoms with Gasteiger partial charge in [0.15, 0.2) is 0 Å². The molecule has 0 saturated heterocycles. The van der Waals surface area contributed by atoms with Crippen molar-refractivity contribution in [2.45, 2.75) is 6.92 Å². The monoisotopic (exact) mass is 132 g/mol. The van der Waals surface area contributed by atoms with E-state index in [1.807, 2.05) is 0 Å². The van der Waals surface area contributed by atoms with Gasteiger partial charge in [-0.2, -0.15) is 0 Å². The molecule has 0 spiro atoms. The smallest absolute Gasteiger partial charge is 0.324 e. The van der Waals surface area contributed by atoms with E-state index in [2.05, 4.69) is 5.29 Å². The summed E-state index contributed by atoms with van der Waals surface area (Å²) in [7, 11) is 0. The summed E-state index contributed by atoms with van der Waals surface area (Å²) in [6.07, 6.45) is 0. The fourth-order valence-corrected chi connectivity index (χ4v) is 0.355. The zero-order chi connectivity index (χ0) is 7.28. The van der Waals surface area contributed by atoms with E-state index in [-0.39, 0.29) is 6.54 Å². The van der Waals surface area contributed by atoms with Gasteiger partial charge in [0.05, 0.1) is 5.29 Å². The van der Waals surface area contributed by atoms with Crippen molar-refractivity contribution in [3.63, 3.8) is 0 Å². The van der Waals surface area contributed by atoms with Crippen LogP contribution in [0.1, 0.15) is 6.92 Å². The maximum atomic E-state index is 9.89. The summed E-state index contributed by atoms with van der Waals surface area (Å²) in [5, 5.41) is 11.5. The van der Waals surface area contributed by atoms with E-state index in [0.717, 1.165) is 5.01 Å². The largest absolute Gasteiger partial charge is 0.480 e. The molecule has 0 aliphatic rings. The molecule has 0 radical (unpaired) electrons. The molecule has 0 aliphatic heterocycles. The number of carbonyl (C=O) groups is 1. The maximum Gasteiger partial charge on any atom is 0.324 e. The van der Waals surface area contributed by atoms with Crippen LogP contribution in [0, 0.1) is 4.91 Å². The van der Waals surface area contributed by atoms with Crippen LogP contribution < -0.4 is 0 Å². The van der Waals surface area contributed by atoms with E-state index in [1.165, 1.54) is 0 Å². The number of carboxylic acids is 1. The Kier molecular flexibility index (Phi) is 3.34. The molecule has 52 valence electrons. The van der Waals surface area contributed by atoms with Gasteiger partial charge in [-0.25, -0.2) is 5.01 Å². The number of hydrogen-bond donors (Lipinski definition) is 1. The summed E-state index contributed by atoms with van der Waals surface area (Å²) in [5.74, 6) is -1.04. The topological polar surface area (TPSA) is 70.0 Å². The highest BCUT2D eigenvalue weighted by Gasteiger charge is 2.03. The average Bonchev–Trinajstić information content (AvgIpc) is 1.82. The highest BCUT2D eigenvalue weighted by atomic mass is 16.4. The first kappa shape index (κ1) is 7.87. The minimum absolute atomic E-state index is 0.319. The molecular weight excluding hydrogens is 124 g/mol. The first-order valence-corrected chi connectivity index (χ1v) is 2.50. The van der Waals surface area contributed by atoms with Gasteiger partial charge in [-0.3, -0.25) is 4.79 Å². The van der Waals surface area contributed by atoms with Crippen LogP contribution in [0.2, 0.25) is 0 Å². The number of likely N-dealkylation sites (N-methyl/N-ethyl adjacent to an activating group) is 1. The third-order valence-electron chi connectivity index (χ3n) is 0.798. The van der Waals surface area contributed by atoms with Crippen LogP contribution >= 0.6 is 0 Å². The fraction of sp³-hybridized carbons (Fsp3) is 0.750. The van der Waals surface area contributed by atoms with E-state index in [4.69, 9.17) is 5.11 Å². The molecule has 0 fully saturated rings. The highest BCUT2D eigenvalue weighted by molar-refractivity contribution is 5.68. The van der Waals surface area contributed by atoms with E-state index >= 15 is 0 Å². The van der Waals surface area contributed by atoms with Gasteiger partial charge in [0.25, 0.3) is 0 Å². The SMILES string of the molecule is CCN(CC(=O)O)N=O. The van der Waals surface area contributed by atoms with E-state index in [9.17, 15) is 9.70 Å². The zero-order valence-corrected chi connectivity index (χ0v) is 5.07. The van der Waals surface area contributed by atoms with Gasteiger partial charge < -0.3 is 5.11 Å². The summed E-state index contributed by atoms with van der Waals surface area (Å²) < 4.78 is 0. The lowest BCUT2D eigenvalue weighted by molar-refractivity contribution is -0.138. The van der Waals surface area contributed by atoms with Crippen LogP contribution in [0.4, 0.5) is 0 Å². The minimum Gasteiger partial charge on any atom is -0.480 e. The van der Waals surface area contributed by atoms with Crippen LogP contribution in [0.5, 0.6) is 0 Å². The van der Waals surface area contributed by atoms with Crippen molar-refractivity contribution in [2.75, 3.05) is 13.1 Å². The number of hydrogen-bond acceptors (Lipinski definition) is 3. The second-order valence-corrected chi connectivity index (χ2v) is 1.46. The van der Waals surface area contributed by atoms with Crippen LogP contribution in [0.15, 0.2) is 5.29 Å². The summed E-state index contributed by atoms with van der Waals surface area (Å²) in [6.45, 7) is 1.67. The lowest BCUT2D eigenvalue weighted by atomic mass is 10.6. The molecule has 0 unspecified atom stereocenters. The molecule has 9 heavy (non-hydrogen) atoms. The summed E-state index contributed by atoms with van der Waals surface area (Å²) in [6, 6.07) is 0. The number of carboxylic acid groups (broad SMARTS) is 1. The van der Waals surface area contributed by atoms with Crippen molar-refractivity contribution >= 4 is 5.97 Å². The zero-order valence-electron chi connectivity index (χ0n) is 5.07. The first-order chi connectivity index (χ1) is 4.20. The lowest BCUT2D eigenvalue weighted by Crippen LogP contribution is -2.23. The molecule has 0 amide bonds. The van der Waals surface area contributed by atoms with Crippen LogP contribution in [0.3, 0.4) is 0 Å². The molecule has 0 saturated carbocycles. The third kappa shape index (κ3) is 3.45. The maximum absolute atomic E-state index is 9.89. The predicted octanol–water partition coefficient (Wildman–Crippen LogP) is 0.0743. The van der Waals surface area contributed by atoms with Crippen LogP contribution in [-0.2, 0) is 4.79 Å².